The normalized spacial score (nSPS) is 11.7. The van der Waals surface area contributed by atoms with Crippen LogP contribution in [0.2, 0.25) is 0 Å². The van der Waals surface area contributed by atoms with Crippen LogP contribution in [0.1, 0.15) is 22.4 Å². The molecule has 0 radical (unpaired) electrons. The van der Waals surface area contributed by atoms with E-state index in [1.165, 1.54) is 17.1 Å². The second-order valence-corrected chi connectivity index (χ2v) is 6.78. The number of nitrogens with one attached hydrogen (secondary N) is 2. The average molecular weight is 529 g/mol. The highest BCUT2D eigenvalue weighted by Gasteiger charge is 2.28. The first kappa shape index (κ1) is 24.4. The van der Waals surface area contributed by atoms with Crippen LogP contribution in [-0.4, -0.2) is 42.3 Å². The van der Waals surface area contributed by atoms with E-state index in [9.17, 15) is 13.2 Å². The topological polar surface area (TPSA) is 71.4 Å². The number of alkyl halides is 3. The highest BCUT2D eigenvalue weighted by Crippen LogP contribution is 2.17. The minimum absolute atomic E-state index is 0. The molecule has 2 N–H and O–H groups in total. The predicted molar refractivity (Wildman–Crippen MR) is 115 cm³/mol. The Morgan fingerprint density at radius 1 is 1.29 bits per heavy atom. The van der Waals surface area contributed by atoms with E-state index in [1.54, 1.807) is 24.5 Å². The van der Waals surface area contributed by atoms with E-state index in [0.717, 1.165) is 23.4 Å². The number of aliphatic imine (C=N–C) groups is 1. The number of hydrogen-bond acceptors (Lipinski definition) is 5. The van der Waals surface area contributed by atoms with E-state index in [2.05, 4.69) is 37.3 Å². The largest absolute Gasteiger partial charge is 0.468 e. The maximum Gasteiger partial charge on any atom is 0.422 e. The Balaban J connectivity index is 0.00000392. The Morgan fingerprint density at radius 3 is 2.71 bits per heavy atom. The number of halogens is 4. The van der Waals surface area contributed by atoms with Gasteiger partial charge in [-0.25, -0.2) is 9.97 Å². The summed E-state index contributed by atoms with van der Waals surface area (Å²) < 4.78 is 41.3. The summed E-state index contributed by atoms with van der Waals surface area (Å²) in [6.07, 6.45) is 0.684. The van der Waals surface area contributed by atoms with Gasteiger partial charge in [0, 0.05) is 49.9 Å². The van der Waals surface area contributed by atoms with E-state index >= 15 is 0 Å². The molecule has 0 aliphatic carbocycles. The lowest BCUT2D eigenvalue weighted by Gasteiger charge is -2.12. The van der Waals surface area contributed by atoms with Gasteiger partial charge < -0.3 is 15.4 Å². The monoisotopic (exact) mass is 529 g/mol. The highest BCUT2D eigenvalue weighted by atomic mass is 127. The summed E-state index contributed by atoms with van der Waals surface area (Å²) in [4.78, 5) is 13.5. The van der Waals surface area contributed by atoms with Crippen molar-refractivity contribution in [3.63, 3.8) is 0 Å². The summed E-state index contributed by atoms with van der Waals surface area (Å²) in [6, 6.07) is 3.16. The molecule has 156 valence electrons. The Labute approximate surface area is 183 Å². The van der Waals surface area contributed by atoms with Crippen molar-refractivity contribution >= 4 is 41.3 Å². The van der Waals surface area contributed by atoms with Crippen LogP contribution in [0.15, 0.2) is 29.5 Å². The molecule has 2 rings (SSSR count). The zero-order chi connectivity index (χ0) is 19.7. The van der Waals surface area contributed by atoms with Gasteiger partial charge in [-0.15, -0.1) is 35.3 Å². The van der Waals surface area contributed by atoms with Crippen LogP contribution < -0.4 is 15.4 Å². The molecular formula is C17H23F3IN5OS. The number of thiazole rings is 1. The van der Waals surface area contributed by atoms with Crippen LogP contribution in [0.3, 0.4) is 0 Å². The fourth-order valence-electron chi connectivity index (χ4n) is 2.12. The molecule has 0 amide bonds. The Bertz CT molecular complexity index is 754. The Hall–Kier alpha value is -1.63. The van der Waals surface area contributed by atoms with Gasteiger partial charge in [0.2, 0.25) is 5.88 Å². The van der Waals surface area contributed by atoms with Gasteiger partial charge in [-0.3, -0.25) is 4.99 Å². The molecule has 0 aliphatic rings. The molecule has 6 nitrogen and oxygen atoms in total. The highest BCUT2D eigenvalue weighted by molar-refractivity contribution is 14.0. The van der Waals surface area contributed by atoms with Gasteiger partial charge in [0.1, 0.15) is 0 Å². The summed E-state index contributed by atoms with van der Waals surface area (Å²) in [5, 5.41) is 7.35. The van der Waals surface area contributed by atoms with Gasteiger partial charge in [-0.1, -0.05) is 6.92 Å². The number of nitrogens with zero attached hydrogens (tertiary/aromatic N) is 3. The lowest BCUT2D eigenvalue weighted by atomic mass is 10.2. The minimum atomic E-state index is -4.39. The van der Waals surface area contributed by atoms with E-state index in [-0.39, 0.29) is 29.9 Å². The number of rotatable bonds is 8. The molecule has 0 bridgehead atoms. The molecule has 2 heterocycles. The summed E-state index contributed by atoms with van der Waals surface area (Å²) in [5.74, 6) is 0.530. The fourth-order valence-corrected chi connectivity index (χ4v) is 2.98. The third-order valence-electron chi connectivity index (χ3n) is 3.45. The van der Waals surface area contributed by atoms with Gasteiger partial charge in [0.05, 0.1) is 5.01 Å². The van der Waals surface area contributed by atoms with Crippen molar-refractivity contribution in [3.05, 3.63) is 40.0 Å². The summed E-state index contributed by atoms with van der Waals surface area (Å²) in [6.45, 7) is 1.78. The first-order valence-corrected chi connectivity index (χ1v) is 9.24. The van der Waals surface area contributed by atoms with Crippen molar-refractivity contribution in [1.29, 1.82) is 0 Å². The van der Waals surface area contributed by atoms with Crippen LogP contribution in [0.5, 0.6) is 5.88 Å². The van der Waals surface area contributed by atoms with Crippen LogP contribution in [0.25, 0.3) is 0 Å². The van der Waals surface area contributed by atoms with Gasteiger partial charge >= 0.3 is 6.18 Å². The molecule has 0 fully saturated rings. The van der Waals surface area contributed by atoms with Crippen LogP contribution >= 0.6 is 35.3 Å². The SMILES string of the molecule is CCc1cnc(CCNC(=NC)NCc2ccnc(OCC(F)(F)F)c2)s1.I. The summed E-state index contributed by atoms with van der Waals surface area (Å²) in [5.41, 5.74) is 0.734. The van der Waals surface area contributed by atoms with Crippen molar-refractivity contribution in [3.8, 4) is 5.88 Å². The quantitative estimate of drug-likeness (QED) is 0.311. The molecule has 0 atom stereocenters. The zero-order valence-electron chi connectivity index (χ0n) is 15.5. The third kappa shape index (κ3) is 9.04. The molecule has 11 heteroatoms. The van der Waals surface area contributed by atoms with Gasteiger partial charge in [0.25, 0.3) is 0 Å². The van der Waals surface area contributed by atoms with Crippen LogP contribution in [-0.2, 0) is 19.4 Å². The molecule has 0 saturated carbocycles. The fraction of sp³-hybridized carbons (Fsp3) is 0.471. The molecular weight excluding hydrogens is 506 g/mol. The number of pyridine rings is 1. The van der Waals surface area contributed by atoms with E-state index in [4.69, 9.17) is 0 Å². The van der Waals surface area contributed by atoms with Gasteiger partial charge in [0.15, 0.2) is 12.6 Å². The molecule has 0 spiro atoms. The first-order chi connectivity index (χ1) is 12.9. The van der Waals surface area contributed by atoms with E-state index in [0.29, 0.717) is 19.0 Å². The van der Waals surface area contributed by atoms with Crippen molar-refractivity contribution in [2.24, 2.45) is 4.99 Å². The summed E-state index contributed by atoms with van der Waals surface area (Å²) in [7, 11) is 1.65. The minimum Gasteiger partial charge on any atom is -0.468 e. The molecule has 0 saturated heterocycles. The number of ether oxygens (including phenoxy) is 1. The number of aromatic nitrogens is 2. The maximum atomic E-state index is 12.2. The predicted octanol–water partition coefficient (Wildman–Crippen LogP) is 3.57. The van der Waals surface area contributed by atoms with Gasteiger partial charge in [-0.05, 0) is 18.1 Å². The maximum absolute atomic E-state index is 12.2. The smallest absolute Gasteiger partial charge is 0.422 e. The second kappa shape index (κ2) is 12.0. The molecule has 28 heavy (non-hydrogen) atoms. The third-order valence-corrected chi connectivity index (χ3v) is 4.65. The zero-order valence-corrected chi connectivity index (χ0v) is 18.7. The van der Waals surface area contributed by atoms with E-state index in [1.807, 2.05) is 6.20 Å². The Kier molecular flexibility index (Phi) is 10.5. The van der Waals surface area contributed by atoms with E-state index < -0.39 is 12.8 Å². The van der Waals surface area contributed by atoms with Crippen molar-refractivity contribution < 1.29 is 17.9 Å². The molecule has 0 unspecified atom stereocenters. The number of hydrogen-bond donors (Lipinski definition) is 2. The number of guanidine groups is 1. The molecule has 2 aromatic heterocycles. The second-order valence-electron chi connectivity index (χ2n) is 5.58. The summed E-state index contributed by atoms with van der Waals surface area (Å²) >= 11 is 1.70. The molecule has 0 aromatic carbocycles. The average Bonchev–Trinajstić information content (AvgIpc) is 3.10. The van der Waals surface area contributed by atoms with Crippen molar-refractivity contribution in [2.75, 3.05) is 20.2 Å². The Morgan fingerprint density at radius 2 is 2.07 bits per heavy atom. The lowest BCUT2D eigenvalue weighted by Crippen LogP contribution is -2.37. The standard InChI is InChI=1S/C17H22F3N5OS.HI/c1-3-13-10-24-15(27-13)5-7-23-16(21-2)25-9-12-4-6-22-14(8-12)26-11-17(18,19)20;/h4,6,8,10H,3,5,7,9,11H2,1-2H3,(H2,21,23,25);1H. The van der Waals surface area contributed by atoms with Crippen molar-refractivity contribution in [2.45, 2.75) is 32.5 Å². The molecule has 2 aromatic rings. The number of aryl methyl sites for hydroxylation is 1. The van der Waals surface area contributed by atoms with Crippen molar-refractivity contribution in [1.82, 2.24) is 20.6 Å². The lowest BCUT2D eigenvalue weighted by molar-refractivity contribution is -0.154. The van der Waals surface area contributed by atoms with Gasteiger partial charge in [-0.2, -0.15) is 13.2 Å². The van der Waals surface area contributed by atoms with Crippen LogP contribution in [0.4, 0.5) is 13.2 Å². The van der Waals surface area contributed by atoms with Crippen LogP contribution in [0, 0.1) is 0 Å². The molecule has 0 aliphatic heterocycles. The first-order valence-electron chi connectivity index (χ1n) is 8.42.